The Balaban J connectivity index is 2.79. The third-order valence-electron chi connectivity index (χ3n) is 2.76. The van der Waals surface area contributed by atoms with E-state index in [1.807, 2.05) is 38.1 Å². The first-order valence-electron chi connectivity index (χ1n) is 5.98. The number of amides is 1. The third-order valence-corrected chi connectivity index (χ3v) is 3.77. The number of rotatable bonds is 5. The number of thioether (sulfide) groups is 1. The van der Waals surface area contributed by atoms with E-state index < -0.39 is 0 Å². The Hall–Kier alpha value is -1.47. The van der Waals surface area contributed by atoms with Gasteiger partial charge in [-0.3, -0.25) is 4.79 Å². The Morgan fingerprint density at radius 3 is 2.89 bits per heavy atom. The van der Waals surface area contributed by atoms with Crippen molar-refractivity contribution in [1.29, 1.82) is 5.26 Å². The highest BCUT2D eigenvalue weighted by Gasteiger charge is 2.15. The highest BCUT2D eigenvalue weighted by atomic mass is 32.2. The molecular weight excluding hydrogens is 244 g/mol. The number of carbonyl (C=O) groups is 1. The Morgan fingerprint density at radius 1 is 1.56 bits per heavy atom. The molecule has 1 unspecified atom stereocenters. The van der Waals surface area contributed by atoms with Crippen LogP contribution in [0, 0.1) is 18.3 Å². The molecule has 18 heavy (non-hydrogen) atoms. The van der Waals surface area contributed by atoms with Crippen LogP contribution in [0.2, 0.25) is 0 Å². The van der Waals surface area contributed by atoms with Crippen LogP contribution in [0.25, 0.3) is 0 Å². The lowest BCUT2D eigenvalue weighted by atomic mass is 10.1. The molecular formula is C14H18N2OS. The second-order valence-corrected chi connectivity index (χ2v) is 5.39. The maximum absolute atomic E-state index is 12.0. The Morgan fingerprint density at radius 2 is 2.28 bits per heavy atom. The minimum absolute atomic E-state index is 0.0424. The van der Waals surface area contributed by atoms with Crippen LogP contribution >= 0.6 is 11.8 Å². The number of hydrogen-bond acceptors (Lipinski definition) is 3. The van der Waals surface area contributed by atoms with Crippen molar-refractivity contribution in [3.63, 3.8) is 0 Å². The summed E-state index contributed by atoms with van der Waals surface area (Å²) in [7, 11) is 0. The van der Waals surface area contributed by atoms with Crippen LogP contribution in [0.15, 0.2) is 18.2 Å². The zero-order chi connectivity index (χ0) is 13.5. The Labute approximate surface area is 113 Å². The summed E-state index contributed by atoms with van der Waals surface area (Å²) >= 11 is 1.35. The van der Waals surface area contributed by atoms with Gasteiger partial charge in [-0.15, -0.1) is 11.8 Å². The first-order chi connectivity index (χ1) is 8.60. The van der Waals surface area contributed by atoms with E-state index in [0.717, 1.165) is 23.2 Å². The van der Waals surface area contributed by atoms with E-state index in [2.05, 4.69) is 12.2 Å². The monoisotopic (exact) mass is 262 g/mol. The standard InChI is InChI=1S/C14H18N2OS/c1-4-12-7-5-6-10(2)13(12)16-14(17)11(3)18-9-8-15/h5-7,11H,4,9H2,1-3H3,(H,16,17). The van der Waals surface area contributed by atoms with Crippen molar-refractivity contribution in [3.8, 4) is 6.07 Å². The molecule has 96 valence electrons. The lowest BCUT2D eigenvalue weighted by Gasteiger charge is -2.15. The second kappa shape index (κ2) is 7.07. The van der Waals surface area contributed by atoms with Gasteiger partial charge < -0.3 is 5.32 Å². The molecule has 0 aliphatic heterocycles. The number of carbonyl (C=O) groups excluding carboxylic acids is 1. The molecule has 1 amide bonds. The molecule has 1 rings (SSSR count). The van der Waals surface area contributed by atoms with E-state index in [0.29, 0.717) is 5.75 Å². The normalized spacial score (nSPS) is 11.7. The molecule has 1 aromatic carbocycles. The zero-order valence-corrected chi connectivity index (χ0v) is 11.8. The smallest absolute Gasteiger partial charge is 0.237 e. The van der Waals surface area contributed by atoms with Crippen molar-refractivity contribution < 1.29 is 4.79 Å². The molecule has 1 N–H and O–H groups in total. The number of nitrogens with zero attached hydrogens (tertiary/aromatic N) is 1. The van der Waals surface area contributed by atoms with Crippen molar-refractivity contribution in [2.24, 2.45) is 0 Å². The molecule has 1 atom stereocenters. The minimum Gasteiger partial charge on any atom is -0.325 e. The number of anilines is 1. The SMILES string of the molecule is CCc1cccc(C)c1NC(=O)C(C)SCC#N. The lowest BCUT2D eigenvalue weighted by molar-refractivity contribution is -0.115. The summed E-state index contributed by atoms with van der Waals surface area (Å²) in [6.45, 7) is 5.88. The fourth-order valence-corrected chi connectivity index (χ4v) is 2.20. The summed E-state index contributed by atoms with van der Waals surface area (Å²) in [5, 5.41) is 11.3. The van der Waals surface area contributed by atoms with E-state index >= 15 is 0 Å². The largest absolute Gasteiger partial charge is 0.325 e. The van der Waals surface area contributed by atoms with Crippen molar-refractivity contribution >= 4 is 23.4 Å². The predicted octanol–water partition coefficient (Wildman–Crippen LogP) is 3.14. The molecule has 0 heterocycles. The van der Waals surface area contributed by atoms with Crippen LogP contribution in [0.1, 0.15) is 25.0 Å². The van der Waals surface area contributed by atoms with Gasteiger partial charge >= 0.3 is 0 Å². The minimum atomic E-state index is -0.214. The highest BCUT2D eigenvalue weighted by molar-refractivity contribution is 8.00. The van der Waals surface area contributed by atoms with Gasteiger partial charge in [-0.25, -0.2) is 0 Å². The van der Waals surface area contributed by atoms with Crippen molar-refractivity contribution in [2.75, 3.05) is 11.1 Å². The zero-order valence-electron chi connectivity index (χ0n) is 11.0. The van der Waals surface area contributed by atoms with Crippen LogP contribution in [-0.2, 0) is 11.2 Å². The van der Waals surface area contributed by atoms with Gasteiger partial charge in [0.25, 0.3) is 0 Å². The van der Waals surface area contributed by atoms with Crippen molar-refractivity contribution in [3.05, 3.63) is 29.3 Å². The first kappa shape index (κ1) is 14.6. The summed E-state index contributed by atoms with van der Waals surface area (Å²) in [5.74, 6) is 0.294. The fourth-order valence-electron chi connectivity index (χ4n) is 1.66. The van der Waals surface area contributed by atoms with Crippen LogP contribution < -0.4 is 5.32 Å². The van der Waals surface area contributed by atoms with Crippen molar-refractivity contribution in [1.82, 2.24) is 0 Å². The van der Waals surface area contributed by atoms with Crippen LogP contribution in [0.4, 0.5) is 5.69 Å². The van der Waals surface area contributed by atoms with Crippen LogP contribution in [-0.4, -0.2) is 16.9 Å². The molecule has 1 aromatic rings. The molecule has 0 aliphatic carbocycles. The van der Waals surface area contributed by atoms with Gasteiger partial charge in [0.1, 0.15) is 0 Å². The van der Waals surface area contributed by atoms with Gasteiger partial charge in [0.2, 0.25) is 5.91 Å². The van der Waals surface area contributed by atoms with Crippen LogP contribution in [0.5, 0.6) is 0 Å². The number of benzene rings is 1. The maximum Gasteiger partial charge on any atom is 0.237 e. The Kier molecular flexibility index (Phi) is 5.73. The molecule has 0 aromatic heterocycles. The molecule has 0 saturated heterocycles. The maximum atomic E-state index is 12.0. The number of hydrogen-bond donors (Lipinski definition) is 1. The number of nitriles is 1. The van der Waals surface area contributed by atoms with Crippen LogP contribution in [0.3, 0.4) is 0 Å². The van der Waals surface area contributed by atoms with Gasteiger partial charge in [0.15, 0.2) is 0 Å². The molecule has 0 spiro atoms. The van der Waals surface area contributed by atoms with Gasteiger partial charge in [-0.05, 0) is 31.4 Å². The molecule has 4 heteroatoms. The van der Waals surface area contributed by atoms with E-state index in [9.17, 15) is 4.79 Å². The second-order valence-electron chi connectivity index (χ2n) is 4.06. The average molecular weight is 262 g/mol. The highest BCUT2D eigenvalue weighted by Crippen LogP contribution is 2.22. The van der Waals surface area contributed by atoms with Gasteiger partial charge in [-0.2, -0.15) is 5.26 Å². The average Bonchev–Trinajstić information content (AvgIpc) is 2.38. The summed E-state index contributed by atoms with van der Waals surface area (Å²) in [4.78, 5) is 12.0. The van der Waals surface area contributed by atoms with Crippen molar-refractivity contribution in [2.45, 2.75) is 32.4 Å². The van der Waals surface area contributed by atoms with Gasteiger partial charge in [-0.1, -0.05) is 25.1 Å². The third kappa shape index (κ3) is 3.78. The van der Waals surface area contributed by atoms with Gasteiger partial charge in [0.05, 0.1) is 17.1 Å². The number of para-hydroxylation sites is 1. The lowest BCUT2D eigenvalue weighted by Crippen LogP contribution is -2.23. The summed E-state index contributed by atoms with van der Waals surface area (Å²) in [6.07, 6.45) is 0.886. The number of aryl methyl sites for hydroxylation is 2. The Bertz CT molecular complexity index is 465. The molecule has 0 fully saturated rings. The van der Waals surface area contributed by atoms with E-state index in [1.165, 1.54) is 11.8 Å². The van der Waals surface area contributed by atoms with Gasteiger partial charge in [0, 0.05) is 5.69 Å². The van der Waals surface area contributed by atoms with E-state index in [4.69, 9.17) is 5.26 Å². The molecule has 0 bridgehead atoms. The fraction of sp³-hybridized carbons (Fsp3) is 0.429. The quantitative estimate of drug-likeness (QED) is 0.887. The summed E-state index contributed by atoms with van der Waals surface area (Å²) in [5.41, 5.74) is 3.12. The molecule has 0 aliphatic rings. The molecule has 0 saturated carbocycles. The molecule has 3 nitrogen and oxygen atoms in total. The van der Waals surface area contributed by atoms with E-state index in [1.54, 1.807) is 0 Å². The predicted molar refractivity (Wildman–Crippen MR) is 76.7 cm³/mol. The summed E-state index contributed by atoms with van der Waals surface area (Å²) < 4.78 is 0. The summed E-state index contributed by atoms with van der Waals surface area (Å²) in [6, 6.07) is 8.04. The topological polar surface area (TPSA) is 52.9 Å². The molecule has 0 radical (unpaired) electrons. The van der Waals surface area contributed by atoms with E-state index in [-0.39, 0.29) is 11.2 Å². The number of nitrogens with one attached hydrogen (secondary N) is 1. The first-order valence-corrected chi connectivity index (χ1v) is 7.03.